The molecule has 2 aliphatic carbocycles. The molecule has 0 fully saturated rings. The number of benzene rings is 2. The minimum atomic E-state index is -0.00136. The van der Waals surface area contributed by atoms with Crippen LogP contribution >= 0.6 is 0 Å². The number of fused-ring (bicyclic) bond motifs is 6. The van der Waals surface area contributed by atoms with Crippen molar-refractivity contribution >= 4 is 11.1 Å². The Morgan fingerprint density at radius 1 is 0.524 bits per heavy atom. The molecule has 6 nitrogen and oxygen atoms in total. The average Bonchev–Trinajstić information content (AvgIpc) is 3.49. The van der Waals surface area contributed by atoms with Crippen LogP contribution in [-0.2, 0) is 12.8 Å². The molecule has 0 aliphatic heterocycles. The number of hydrogen-bond acceptors (Lipinski definition) is 6. The minimum Gasteiger partial charge on any atom is -0.243 e. The Balaban J connectivity index is 1.66. The second kappa shape index (κ2) is 12.6. The van der Waals surface area contributed by atoms with Crippen molar-refractivity contribution in [3.63, 3.8) is 0 Å². The van der Waals surface area contributed by atoms with Gasteiger partial charge in [0.25, 0.3) is 0 Å². The molecule has 0 atom stereocenters. The van der Waals surface area contributed by atoms with Crippen molar-refractivity contribution in [1.82, 2.24) is 9.97 Å². The maximum Gasteiger partial charge on any atom is 0.139 e. The summed E-state index contributed by atoms with van der Waals surface area (Å²) in [6, 6.07) is 20.6. The van der Waals surface area contributed by atoms with Gasteiger partial charge in [0.2, 0.25) is 0 Å². The summed E-state index contributed by atoms with van der Waals surface area (Å²) >= 11 is 0. The van der Waals surface area contributed by atoms with Crippen LogP contribution < -0.4 is 0 Å². The molecular weight excluding hydrogens is 516 g/mol. The first-order valence-electron chi connectivity index (χ1n) is 14.9. The zero-order valence-electron chi connectivity index (χ0n) is 24.2. The lowest BCUT2D eigenvalue weighted by Crippen LogP contribution is -1.98. The van der Waals surface area contributed by atoms with Crippen molar-refractivity contribution in [3.05, 3.63) is 81.2 Å². The summed E-state index contributed by atoms with van der Waals surface area (Å²) in [5.41, 5.74) is 8.60. The van der Waals surface area contributed by atoms with Crippen molar-refractivity contribution in [3.8, 4) is 46.8 Å². The summed E-state index contributed by atoms with van der Waals surface area (Å²) in [5.74, 6) is 0. The molecule has 0 saturated heterocycles. The van der Waals surface area contributed by atoms with Gasteiger partial charge in [0.1, 0.15) is 46.8 Å². The summed E-state index contributed by atoms with van der Waals surface area (Å²) in [4.78, 5) is 10.1. The third-order valence-corrected chi connectivity index (χ3v) is 8.17. The van der Waals surface area contributed by atoms with Crippen LogP contribution in [0.1, 0.15) is 98.9 Å². The summed E-state index contributed by atoms with van der Waals surface area (Å²) in [7, 11) is 0. The minimum absolute atomic E-state index is 0.00136. The van der Waals surface area contributed by atoms with Crippen LogP contribution in [0.2, 0.25) is 0 Å². The predicted octanol–water partition coefficient (Wildman–Crippen LogP) is 8.38. The second-order valence-electron chi connectivity index (χ2n) is 10.9. The Hall–Kier alpha value is -5.04. The van der Waals surface area contributed by atoms with Crippen LogP contribution in [0.15, 0.2) is 47.5 Å². The van der Waals surface area contributed by atoms with Gasteiger partial charge in [-0.2, -0.15) is 21.0 Å². The number of allylic oxidation sites excluding steroid dienone is 2. The molecule has 0 amide bonds. The fourth-order valence-electron chi connectivity index (χ4n) is 6.03. The van der Waals surface area contributed by atoms with Gasteiger partial charge in [-0.05, 0) is 47.9 Å². The van der Waals surface area contributed by atoms with Crippen LogP contribution in [0.3, 0.4) is 0 Å². The molecule has 0 unspecified atom stereocenters. The summed E-state index contributed by atoms with van der Waals surface area (Å²) in [5, 5.41) is 39.7. The van der Waals surface area contributed by atoms with Crippen molar-refractivity contribution in [2.45, 2.75) is 78.1 Å². The first-order chi connectivity index (χ1) is 20.6. The van der Waals surface area contributed by atoms with E-state index in [2.05, 4.69) is 62.4 Å². The van der Waals surface area contributed by atoms with E-state index in [0.29, 0.717) is 33.9 Å². The van der Waals surface area contributed by atoms with Crippen molar-refractivity contribution in [2.24, 2.45) is 0 Å². The van der Waals surface area contributed by atoms with Crippen LogP contribution in [0.4, 0.5) is 0 Å². The molecule has 206 valence electrons. The van der Waals surface area contributed by atoms with Crippen LogP contribution in [0.25, 0.3) is 33.7 Å². The maximum atomic E-state index is 9.91. The second-order valence-corrected chi connectivity index (χ2v) is 10.9. The number of aryl methyl sites for hydroxylation is 2. The third-order valence-electron chi connectivity index (χ3n) is 8.17. The van der Waals surface area contributed by atoms with E-state index in [9.17, 15) is 21.0 Å². The van der Waals surface area contributed by atoms with Gasteiger partial charge in [0.05, 0.1) is 11.4 Å². The molecule has 0 saturated carbocycles. The highest BCUT2D eigenvalue weighted by Crippen LogP contribution is 2.50. The van der Waals surface area contributed by atoms with E-state index >= 15 is 0 Å². The highest BCUT2D eigenvalue weighted by molar-refractivity contribution is 6.06. The fourth-order valence-corrected chi connectivity index (χ4v) is 6.03. The van der Waals surface area contributed by atoms with E-state index in [1.54, 1.807) is 0 Å². The molecule has 2 aliphatic rings. The van der Waals surface area contributed by atoms with Gasteiger partial charge in [-0.3, -0.25) is 0 Å². The molecule has 42 heavy (non-hydrogen) atoms. The molecule has 3 aromatic rings. The molecule has 2 aromatic carbocycles. The third kappa shape index (κ3) is 5.09. The summed E-state index contributed by atoms with van der Waals surface area (Å²) in [6.07, 6.45) is 11.0. The zero-order chi connectivity index (χ0) is 29.6. The maximum absolute atomic E-state index is 9.91. The molecule has 0 bridgehead atoms. The normalized spacial score (nSPS) is 11.9. The van der Waals surface area contributed by atoms with Crippen LogP contribution in [-0.4, -0.2) is 9.97 Å². The van der Waals surface area contributed by atoms with E-state index in [-0.39, 0.29) is 11.1 Å². The van der Waals surface area contributed by atoms with Gasteiger partial charge in [-0.15, -0.1) is 0 Å². The number of hydrogen-bond donors (Lipinski definition) is 0. The van der Waals surface area contributed by atoms with Crippen LogP contribution in [0.5, 0.6) is 0 Å². The van der Waals surface area contributed by atoms with E-state index < -0.39 is 0 Å². The number of aromatic nitrogens is 2. The number of nitrogens with zero attached hydrogens (tertiary/aromatic N) is 6. The Morgan fingerprint density at radius 3 is 1.29 bits per heavy atom. The quantitative estimate of drug-likeness (QED) is 0.128. The van der Waals surface area contributed by atoms with E-state index in [1.807, 2.05) is 12.1 Å². The molecule has 0 N–H and O–H groups in total. The van der Waals surface area contributed by atoms with Crippen molar-refractivity contribution < 1.29 is 0 Å². The highest BCUT2D eigenvalue weighted by Gasteiger charge is 2.36. The first-order valence-corrected chi connectivity index (χ1v) is 14.9. The molecule has 1 heterocycles. The lowest BCUT2D eigenvalue weighted by molar-refractivity contribution is 0.667. The molecule has 1 aromatic heterocycles. The van der Waals surface area contributed by atoms with Gasteiger partial charge in [-0.25, -0.2) is 9.97 Å². The van der Waals surface area contributed by atoms with Crippen LogP contribution in [0, 0.1) is 45.3 Å². The molecule has 5 rings (SSSR count). The topological polar surface area (TPSA) is 121 Å². The van der Waals surface area contributed by atoms with Gasteiger partial charge >= 0.3 is 0 Å². The first kappa shape index (κ1) is 28.5. The zero-order valence-corrected chi connectivity index (χ0v) is 24.2. The Kier molecular flexibility index (Phi) is 8.58. The lowest BCUT2D eigenvalue weighted by Gasteiger charge is -2.07. The summed E-state index contributed by atoms with van der Waals surface area (Å²) < 4.78 is 0. The number of nitriles is 4. The van der Waals surface area contributed by atoms with E-state index in [1.165, 1.54) is 25.7 Å². The smallest absolute Gasteiger partial charge is 0.139 e. The Bertz CT molecular complexity index is 1630. The van der Waals surface area contributed by atoms with Gasteiger partial charge in [0, 0.05) is 22.3 Å². The average molecular weight is 549 g/mol. The highest BCUT2D eigenvalue weighted by atomic mass is 14.9. The molecule has 0 spiro atoms. The molecule has 6 heteroatoms. The monoisotopic (exact) mass is 548 g/mol. The van der Waals surface area contributed by atoms with Gasteiger partial charge in [0.15, 0.2) is 0 Å². The SMILES string of the molecule is CCCCCCc1ccc2c(c1)C(=C(C#N)C#N)c1nc3c(nc1-2)C(=C(C#N)C#N)c1cc(CCCCCC)ccc1-3. The largest absolute Gasteiger partial charge is 0.243 e. The molecular formula is C36H32N6. The van der Waals surface area contributed by atoms with Crippen molar-refractivity contribution in [2.75, 3.05) is 0 Å². The van der Waals surface area contributed by atoms with E-state index in [4.69, 9.17) is 9.97 Å². The Morgan fingerprint density at radius 2 is 0.929 bits per heavy atom. The van der Waals surface area contributed by atoms with Gasteiger partial charge in [-0.1, -0.05) is 88.8 Å². The van der Waals surface area contributed by atoms with Gasteiger partial charge < -0.3 is 0 Å². The Labute approximate surface area is 247 Å². The van der Waals surface area contributed by atoms with E-state index in [0.717, 1.165) is 71.9 Å². The number of rotatable bonds is 10. The van der Waals surface area contributed by atoms with Crippen molar-refractivity contribution in [1.29, 1.82) is 21.0 Å². The molecule has 0 radical (unpaired) electrons. The standard InChI is InChI=1S/C36H32N6/c1-3-5-7-9-11-23-13-15-27-29(17-23)31(25(19-37)20-38)35-33(27)41-36-32(26(21-39)22-40)30-18-24(12-10-8-6-4-2)14-16-28(30)34(36)42-35/h13-18H,3-12H2,1-2H3. The number of unbranched alkanes of at least 4 members (excludes halogenated alkanes) is 6. The summed E-state index contributed by atoms with van der Waals surface area (Å²) in [6.45, 7) is 4.38. The lowest BCUT2D eigenvalue weighted by atomic mass is 9.96. The fraction of sp³-hybridized carbons (Fsp3) is 0.333. The predicted molar refractivity (Wildman–Crippen MR) is 163 cm³/mol.